The van der Waals surface area contributed by atoms with Gasteiger partial charge in [-0.05, 0) is 38.5 Å². The van der Waals surface area contributed by atoms with E-state index in [1.165, 1.54) is 308 Å². The number of unbranched alkanes of at least 4 members (excludes halogenated alkanes) is 51. The fourth-order valence-electron chi connectivity index (χ4n) is 11.8. The summed E-state index contributed by atoms with van der Waals surface area (Å²) in [6, 6.07) is -0.717. The summed E-state index contributed by atoms with van der Waals surface area (Å²) in [7, 11) is 0. The monoisotopic (exact) mass is 1120 g/mol. The molecule has 1 aliphatic heterocycles. The van der Waals surface area contributed by atoms with Crippen LogP contribution in [-0.2, 0) is 14.3 Å². The van der Waals surface area contributed by atoms with Gasteiger partial charge in [0, 0.05) is 6.42 Å². The number of carbonyl (C=O) groups excluding carboxylic acids is 1. The first-order valence-electron chi connectivity index (χ1n) is 35.4. The van der Waals surface area contributed by atoms with E-state index >= 15 is 0 Å². The zero-order valence-electron chi connectivity index (χ0n) is 52.7. The van der Waals surface area contributed by atoms with Gasteiger partial charge in [0.25, 0.3) is 0 Å². The molecule has 470 valence electrons. The lowest BCUT2D eigenvalue weighted by Crippen LogP contribution is -2.60. The van der Waals surface area contributed by atoms with Crippen LogP contribution in [0.1, 0.15) is 373 Å². The summed E-state index contributed by atoms with van der Waals surface area (Å²) in [5.41, 5.74) is 0. The van der Waals surface area contributed by atoms with Crippen molar-refractivity contribution < 1.29 is 39.8 Å². The number of aliphatic hydroxyl groups is 5. The first-order chi connectivity index (χ1) is 38.8. The lowest BCUT2D eigenvalue weighted by Gasteiger charge is -2.40. The van der Waals surface area contributed by atoms with Crippen LogP contribution in [-0.4, -0.2) is 87.5 Å². The molecule has 9 nitrogen and oxygen atoms in total. The van der Waals surface area contributed by atoms with Crippen LogP contribution in [0, 0.1) is 0 Å². The molecule has 0 aliphatic carbocycles. The number of ether oxygens (including phenoxy) is 2. The zero-order valence-corrected chi connectivity index (χ0v) is 52.7. The average molecular weight is 1120 g/mol. The van der Waals surface area contributed by atoms with E-state index in [2.05, 4.69) is 31.3 Å². The van der Waals surface area contributed by atoms with E-state index in [0.717, 1.165) is 38.5 Å². The highest BCUT2D eigenvalue weighted by Crippen LogP contribution is 2.24. The number of amides is 1. The Balaban J connectivity index is 2.07. The fraction of sp³-hybridized carbons (Fsp3) is 0.957. The quantitative estimate of drug-likeness (QED) is 0.0261. The fourth-order valence-corrected chi connectivity index (χ4v) is 11.8. The largest absolute Gasteiger partial charge is 0.394 e. The van der Waals surface area contributed by atoms with Crippen molar-refractivity contribution in [1.29, 1.82) is 0 Å². The van der Waals surface area contributed by atoms with E-state index in [1.807, 2.05) is 0 Å². The van der Waals surface area contributed by atoms with Crippen molar-refractivity contribution in [2.75, 3.05) is 13.2 Å². The Morgan fingerprint density at radius 3 is 1.03 bits per heavy atom. The maximum absolute atomic E-state index is 13.1. The van der Waals surface area contributed by atoms with E-state index in [0.29, 0.717) is 12.8 Å². The molecule has 1 fully saturated rings. The predicted molar refractivity (Wildman–Crippen MR) is 337 cm³/mol. The Kier molecular flexibility index (Phi) is 57.7. The van der Waals surface area contributed by atoms with Crippen molar-refractivity contribution in [2.45, 2.75) is 416 Å². The summed E-state index contributed by atoms with van der Waals surface area (Å²) in [5, 5.41) is 54.9. The van der Waals surface area contributed by atoms with Crippen LogP contribution in [0.2, 0.25) is 0 Å². The molecule has 7 atom stereocenters. The Labute approximate surface area is 490 Å². The second-order valence-electron chi connectivity index (χ2n) is 25.0. The summed E-state index contributed by atoms with van der Waals surface area (Å²) >= 11 is 0. The number of rotatable bonds is 63. The Hall–Kier alpha value is -1.07. The van der Waals surface area contributed by atoms with Gasteiger partial charge >= 0.3 is 0 Å². The minimum Gasteiger partial charge on any atom is -0.394 e. The molecule has 79 heavy (non-hydrogen) atoms. The molecule has 0 spiro atoms. The summed E-state index contributed by atoms with van der Waals surface area (Å²) in [4.78, 5) is 13.1. The third-order valence-electron chi connectivity index (χ3n) is 17.4. The normalized spacial score (nSPS) is 18.5. The van der Waals surface area contributed by atoms with Gasteiger partial charge in [-0.25, -0.2) is 0 Å². The molecule has 0 aromatic carbocycles. The predicted octanol–water partition coefficient (Wildman–Crippen LogP) is 19.1. The third kappa shape index (κ3) is 49.0. The molecule has 9 heteroatoms. The Bertz CT molecular complexity index is 1250. The standard InChI is InChI=1S/C70H137NO8/c1-3-5-7-9-11-13-15-17-19-21-23-25-26-27-28-29-30-31-32-33-34-35-36-37-38-40-42-44-46-48-50-52-54-56-58-60-66(74)71-63(62-78-70-69(77)68(76)67(75)65(61-72)79-70)64(73)59-57-55-53-51-49-47-45-43-41-39-24-22-20-18-16-14-12-10-8-6-4-2/h29-30,63-65,67-70,72-73,75-77H,3-28,31-62H2,1-2H3,(H,71,74)/b30-29-. The van der Waals surface area contributed by atoms with Gasteiger partial charge in [0.2, 0.25) is 5.91 Å². The van der Waals surface area contributed by atoms with Crippen molar-refractivity contribution in [3.05, 3.63) is 12.2 Å². The summed E-state index contributed by atoms with van der Waals surface area (Å²) < 4.78 is 11.4. The molecule has 0 radical (unpaired) electrons. The summed E-state index contributed by atoms with van der Waals surface area (Å²) in [6.45, 7) is 3.90. The average Bonchev–Trinajstić information content (AvgIpc) is 3.47. The number of nitrogens with one attached hydrogen (secondary N) is 1. The molecule has 7 unspecified atom stereocenters. The third-order valence-corrected chi connectivity index (χ3v) is 17.4. The van der Waals surface area contributed by atoms with Crippen molar-refractivity contribution in [1.82, 2.24) is 5.32 Å². The van der Waals surface area contributed by atoms with E-state index in [4.69, 9.17) is 9.47 Å². The highest BCUT2D eigenvalue weighted by Gasteiger charge is 2.44. The second-order valence-corrected chi connectivity index (χ2v) is 25.0. The van der Waals surface area contributed by atoms with Gasteiger partial charge in [-0.2, -0.15) is 0 Å². The van der Waals surface area contributed by atoms with Crippen LogP contribution in [0.5, 0.6) is 0 Å². The van der Waals surface area contributed by atoms with Crippen LogP contribution >= 0.6 is 0 Å². The number of hydrogen-bond donors (Lipinski definition) is 6. The van der Waals surface area contributed by atoms with Crippen LogP contribution in [0.4, 0.5) is 0 Å². The molecule has 0 aromatic heterocycles. The number of carbonyl (C=O) groups is 1. The van der Waals surface area contributed by atoms with Crippen molar-refractivity contribution in [2.24, 2.45) is 0 Å². The molecule has 1 aliphatic rings. The first-order valence-corrected chi connectivity index (χ1v) is 35.4. The van der Waals surface area contributed by atoms with Crippen LogP contribution < -0.4 is 5.32 Å². The van der Waals surface area contributed by atoms with E-state index in [9.17, 15) is 30.3 Å². The van der Waals surface area contributed by atoms with Crippen LogP contribution in [0.25, 0.3) is 0 Å². The molecule has 1 amide bonds. The van der Waals surface area contributed by atoms with Gasteiger partial charge in [-0.15, -0.1) is 0 Å². The van der Waals surface area contributed by atoms with Gasteiger partial charge in [-0.1, -0.05) is 341 Å². The highest BCUT2D eigenvalue weighted by atomic mass is 16.7. The topological polar surface area (TPSA) is 149 Å². The van der Waals surface area contributed by atoms with Crippen molar-refractivity contribution in [3.8, 4) is 0 Å². The molecule has 1 rings (SSSR count). The van der Waals surface area contributed by atoms with Gasteiger partial charge in [0.05, 0.1) is 25.4 Å². The summed E-state index contributed by atoms with van der Waals surface area (Å²) in [6.07, 6.45) is 70.0. The van der Waals surface area contributed by atoms with E-state index in [-0.39, 0.29) is 12.5 Å². The number of allylic oxidation sites excluding steroid dienone is 2. The van der Waals surface area contributed by atoms with Gasteiger partial charge in [-0.3, -0.25) is 4.79 Å². The van der Waals surface area contributed by atoms with Crippen molar-refractivity contribution >= 4 is 5.91 Å². The lowest BCUT2D eigenvalue weighted by atomic mass is 9.99. The highest BCUT2D eigenvalue weighted by molar-refractivity contribution is 5.76. The van der Waals surface area contributed by atoms with Crippen LogP contribution in [0.3, 0.4) is 0 Å². The first kappa shape index (κ1) is 75.9. The molecule has 0 aromatic rings. The lowest BCUT2D eigenvalue weighted by molar-refractivity contribution is -0.302. The zero-order chi connectivity index (χ0) is 57.2. The Morgan fingerprint density at radius 2 is 0.709 bits per heavy atom. The van der Waals surface area contributed by atoms with Gasteiger partial charge < -0.3 is 40.3 Å². The van der Waals surface area contributed by atoms with E-state index in [1.54, 1.807) is 0 Å². The molecule has 1 heterocycles. The minimum atomic E-state index is -1.55. The Morgan fingerprint density at radius 1 is 0.418 bits per heavy atom. The molecule has 0 bridgehead atoms. The number of aliphatic hydroxyl groups excluding tert-OH is 5. The molecule has 6 N–H and O–H groups in total. The maximum atomic E-state index is 13.1. The molecule has 1 saturated heterocycles. The SMILES string of the molecule is CCCCCCCCCCCCCCCC/C=C\CCCCCCCCCCCCCCCCCCCC(=O)NC(COC1OC(CO)C(O)C(O)C1O)C(O)CCCCCCCCCCCCCCCCCCCCCCC. The summed E-state index contributed by atoms with van der Waals surface area (Å²) in [5.74, 6) is -0.135. The van der Waals surface area contributed by atoms with E-state index < -0.39 is 49.5 Å². The second kappa shape index (κ2) is 60.1. The van der Waals surface area contributed by atoms with Gasteiger partial charge in [0.1, 0.15) is 24.4 Å². The molecule has 0 saturated carbocycles. The smallest absolute Gasteiger partial charge is 0.220 e. The number of hydrogen-bond acceptors (Lipinski definition) is 8. The van der Waals surface area contributed by atoms with Gasteiger partial charge in [0.15, 0.2) is 6.29 Å². The minimum absolute atomic E-state index is 0.132. The molecular formula is C70H137NO8. The maximum Gasteiger partial charge on any atom is 0.220 e. The molecular weight excluding hydrogens is 983 g/mol. The van der Waals surface area contributed by atoms with Crippen LogP contribution in [0.15, 0.2) is 12.2 Å². The van der Waals surface area contributed by atoms with Crippen molar-refractivity contribution in [3.63, 3.8) is 0 Å².